The molecular weight excluding hydrogens is 244 g/mol. The Hall–Kier alpha value is -1.69. The number of hydrogen-bond acceptors (Lipinski definition) is 5. The van der Waals surface area contributed by atoms with Crippen molar-refractivity contribution in [3.05, 3.63) is 18.0 Å². The molecule has 1 aromatic heterocycles. The molecule has 0 aliphatic carbocycles. The lowest BCUT2D eigenvalue weighted by molar-refractivity contribution is -0.137. The molecule has 0 saturated carbocycles. The summed E-state index contributed by atoms with van der Waals surface area (Å²) in [7, 11) is 2.12. The van der Waals surface area contributed by atoms with Gasteiger partial charge in [0, 0.05) is 37.8 Å². The van der Waals surface area contributed by atoms with Crippen molar-refractivity contribution in [1.82, 2.24) is 14.9 Å². The van der Waals surface area contributed by atoms with Crippen molar-refractivity contribution in [3.8, 4) is 0 Å². The van der Waals surface area contributed by atoms with Crippen LogP contribution in [0.4, 0.5) is 5.95 Å². The summed E-state index contributed by atoms with van der Waals surface area (Å²) >= 11 is 0. The molecule has 6 heteroatoms. The van der Waals surface area contributed by atoms with Gasteiger partial charge in [0.05, 0.1) is 0 Å². The van der Waals surface area contributed by atoms with Crippen molar-refractivity contribution in [3.63, 3.8) is 0 Å². The molecule has 6 nitrogen and oxygen atoms in total. The number of carboxylic acid groups (broad SMARTS) is 1. The molecule has 1 aliphatic rings. The normalized spacial score (nSPS) is 19.5. The van der Waals surface area contributed by atoms with Gasteiger partial charge in [-0.1, -0.05) is 0 Å². The van der Waals surface area contributed by atoms with Crippen molar-refractivity contribution in [2.75, 3.05) is 32.0 Å². The third-order valence-corrected chi connectivity index (χ3v) is 3.39. The van der Waals surface area contributed by atoms with Gasteiger partial charge in [-0.3, -0.25) is 4.79 Å². The number of carbonyl (C=O) groups is 1. The second kappa shape index (κ2) is 6.47. The Morgan fingerprint density at radius 2 is 2.26 bits per heavy atom. The highest BCUT2D eigenvalue weighted by atomic mass is 16.4. The van der Waals surface area contributed by atoms with Crippen LogP contribution in [0.2, 0.25) is 0 Å². The molecule has 1 saturated heterocycles. The minimum absolute atomic E-state index is 0.166. The van der Waals surface area contributed by atoms with Gasteiger partial charge >= 0.3 is 5.97 Å². The lowest BCUT2D eigenvalue weighted by atomic mass is 10.0. The minimum Gasteiger partial charge on any atom is -0.481 e. The monoisotopic (exact) mass is 264 g/mol. The topological polar surface area (TPSA) is 78.4 Å². The molecular formula is C13H20N4O2. The molecule has 0 amide bonds. The quantitative estimate of drug-likeness (QED) is 0.751. The SMILES string of the molecule is CN1CCC(c2cnc(NCCCC(=O)O)nc2)C1. The Morgan fingerprint density at radius 1 is 1.53 bits per heavy atom. The van der Waals surface area contributed by atoms with E-state index in [-0.39, 0.29) is 6.42 Å². The van der Waals surface area contributed by atoms with Gasteiger partial charge in [-0.05, 0) is 32.0 Å². The third kappa shape index (κ3) is 4.17. The van der Waals surface area contributed by atoms with E-state index in [1.807, 2.05) is 12.4 Å². The molecule has 1 atom stereocenters. The fourth-order valence-electron chi connectivity index (χ4n) is 2.29. The number of nitrogens with zero attached hydrogens (tertiary/aromatic N) is 3. The summed E-state index contributed by atoms with van der Waals surface area (Å²) in [4.78, 5) is 21.2. The van der Waals surface area contributed by atoms with Gasteiger partial charge in [-0.15, -0.1) is 0 Å². The van der Waals surface area contributed by atoms with Crippen LogP contribution < -0.4 is 5.32 Å². The van der Waals surface area contributed by atoms with Gasteiger partial charge in [0.15, 0.2) is 0 Å². The van der Waals surface area contributed by atoms with E-state index in [1.165, 1.54) is 5.56 Å². The van der Waals surface area contributed by atoms with Crippen LogP contribution in [0.15, 0.2) is 12.4 Å². The number of rotatable bonds is 6. The van der Waals surface area contributed by atoms with Gasteiger partial charge in [-0.2, -0.15) is 0 Å². The summed E-state index contributed by atoms with van der Waals surface area (Å²) in [5.41, 5.74) is 1.18. The molecule has 2 heterocycles. The van der Waals surface area contributed by atoms with Crippen molar-refractivity contribution in [1.29, 1.82) is 0 Å². The van der Waals surface area contributed by atoms with Crippen molar-refractivity contribution in [2.45, 2.75) is 25.2 Å². The highest BCUT2D eigenvalue weighted by molar-refractivity contribution is 5.66. The van der Waals surface area contributed by atoms with Gasteiger partial charge < -0.3 is 15.3 Å². The first-order valence-electron chi connectivity index (χ1n) is 6.61. The third-order valence-electron chi connectivity index (χ3n) is 3.39. The number of likely N-dealkylation sites (N-methyl/N-ethyl adjacent to an activating group) is 1. The molecule has 104 valence electrons. The number of aliphatic carboxylic acids is 1. The maximum atomic E-state index is 10.4. The zero-order chi connectivity index (χ0) is 13.7. The maximum absolute atomic E-state index is 10.4. The van der Waals surface area contributed by atoms with Crippen LogP contribution in [-0.4, -0.2) is 52.6 Å². The van der Waals surface area contributed by atoms with Crippen LogP contribution in [0.5, 0.6) is 0 Å². The Bertz CT molecular complexity index is 421. The highest BCUT2D eigenvalue weighted by Gasteiger charge is 2.21. The second-order valence-electron chi connectivity index (χ2n) is 5.01. The summed E-state index contributed by atoms with van der Waals surface area (Å²) in [6, 6.07) is 0. The number of likely N-dealkylation sites (tertiary alicyclic amines) is 1. The molecule has 1 unspecified atom stereocenters. The molecule has 0 bridgehead atoms. The van der Waals surface area contributed by atoms with E-state index in [4.69, 9.17) is 5.11 Å². The van der Waals surface area contributed by atoms with E-state index >= 15 is 0 Å². The Labute approximate surface area is 112 Å². The number of aromatic nitrogens is 2. The molecule has 0 radical (unpaired) electrons. The molecule has 19 heavy (non-hydrogen) atoms. The van der Waals surface area contributed by atoms with Crippen LogP contribution >= 0.6 is 0 Å². The van der Waals surface area contributed by atoms with E-state index in [9.17, 15) is 4.79 Å². The standard InChI is InChI=1S/C13H20N4O2/c1-17-6-4-10(9-17)11-7-15-13(16-8-11)14-5-2-3-12(18)19/h7-8,10H,2-6,9H2,1H3,(H,18,19)(H,14,15,16). The minimum atomic E-state index is -0.775. The van der Waals surface area contributed by atoms with E-state index in [2.05, 4.69) is 27.2 Å². The summed E-state index contributed by atoms with van der Waals surface area (Å²) < 4.78 is 0. The van der Waals surface area contributed by atoms with Crippen LogP contribution in [0.1, 0.15) is 30.7 Å². The predicted molar refractivity (Wildman–Crippen MR) is 72.2 cm³/mol. The van der Waals surface area contributed by atoms with E-state index in [0.29, 0.717) is 24.8 Å². The van der Waals surface area contributed by atoms with Crippen molar-refractivity contribution >= 4 is 11.9 Å². The lowest BCUT2D eigenvalue weighted by Gasteiger charge is -2.10. The molecule has 0 spiro atoms. The van der Waals surface area contributed by atoms with Crippen LogP contribution in [0.3, 0.4) is 0 Å². The fourth-order valence-corrected chi connectivity index (χ4v) is 2.29. The smallest absolute Gasteiger partial charge is 0.303 e. The summed E-state index contributed by atoms with van der Waals surface area (Å²) in [5, 5.41) is 11.6. The molecule has 2 N–H and O–H groups in total. The van der Waals surface area contributed by atoms with Crippen LogP contribution in [0, 0.1) is 0 Å². The number of carboxylic acids is 1. The zero-order valence-electron chi connectivity index (χ0n) is 11.2. The van der Waals surface area contributed by atoms with Crippen LogP contribution in [0.25, 0.3) is 0 Å². The summed E-state index contributed by atoms with van der Waals surface area (Å²) in [5.74, 6) is 0.329. The van der Waals surface area contributed by atoms with Gasteiger partial charge in [0.1, 0.15) is 0 Å². The Balaban J connectivity index is 1.79. The Kier molecular flexibility index (Phi) is 4.68. The average molecular weight is 264 g/mol. The molecule has 2 rings (SSSR count). The highest BCUT2D eigenvalue weighted by Crippen LogP contribution is 2.25. The first-order valence-corrected chi connectivity index (χ1v) is 6.61. The van der Waals surface area contributed by atoms with Gasteiger partial charge in [0.25, 0.3) is 0 Å². The van der Waals surface area contributed by atoms with Gasteiger partial charge in [-0.25, -0.2) is 9.97 Å². The van der Waals surface area contributed by atoms with Crippen molar-refractivity contribution < 1.29 is 9.90 Å². The first-order chi connectivity index (χ1) is 9.15. The summed E-state index contributed by atoms with van der Waals surface area (Å²) in [6.07, 6.45) is 5.64. The predicted octanol–water partition coefficient (Wildman–Crippen LogP) is 1.17. The second-order valence-corrected chi connectivity index (χ2v) is 5.01. The van der Waals surface area contributed by atoms with E-state index in [1.54, 1.807) is 0 Å². The lowest BCUT2D eigenvalue weighted by Crippen LogP contribution is -2.13. The fraction of sp³-hybridized carbons (Fsp3) is 0.615. The van der Waals surface area contributed by atoms with E-state index < -0.39 is 5.97 Å². The summed E-state index contributed by atoms with van der Waals surface area (Å²) in [6.45, 7) is 2.77. The Morgan fingerprint density at radius 3 is 2.84 bits per heavy atom. The number of anilines is 1. The van der Waals surface area contributed by atoms with Gasteiger partial charge in [0.2, 0.25) is 5.95 Å². The first kappa shape index (κ1) is 13.7. The number of nitrogens with one attached hydrogen (secondary N) is 1. The molecule has 1 fully saturated rings. The van der Waals surface area contributed by atoms with E-state index in [0.717, 1.165) is 19.5 Å². The molecule has 1 aliphatic heterocycles. The van der Waals surface area contributed by atoms with Crippen LogP contribution in [-0.2, 0) is 4.79 Å². The molecule has 1 aromatic rings. The molecule has 0 aromatic carbocycles. The largest absolute Gasteiger partial charge is 0.481 e. The maximum Gasteiger partial charge on any atom is 0.303 e. The zero-order valence-corrected chi connectivity index (χ0v) is 11.2. The number of hydrogen-bond donors (Lipinski definition) is 2. The van der Waals surface area contributed by atoms with Crippen molar-refractivity contribution in [2.24, 2.45) is 0 Å². The average Bonchev–Trinajstić information content (AvgIpc) is 2.82.